The largest absolute Gasteiger partial charge is 0.339 e. The molecular formula is C15H18N6O2S. The first-order chi connectivity index (χ1) is 11.6. The van der Waals surface area contributed by atoms with Crippen molar-refractivity contribution in [1.29, 1.82) is 0 Å². The third kappa shape index (κ3) is 2.73. The van der Waals surface area contributed by atoms with Gasteiger partial charge < -0.3 is 4.52 Å². The van der Waals surface area contributed by atoms with E-state index in [1.165, 1.54) is 15.9 Å². The number of nitrogens with zero attached hydrogens (tertiary/aromatic N) is 6. The Morgan fingerprint density at radius 2 is 2.29 bits per heavy atom. The summed E-state index contributed by atoms with van der Waals surface area (Å²) in [6, 6.07) is 1.69. The number of hydrogen-bond donors (Lipinski definition) is 0. The number of hydrogen-bond acceptors (Lipinski definition) is 8. The van der Waals surface area contributed by atoms with Gasteiger partial charge in [-0.2, -0.15) is 14.6 Å². The summed E-state index contributed by atoms with van der Waals surface area (Å²) in [5.41, 5.74) is 0.623. The monoisotopic (exact) mass is 346 g/mol. The van der Waals surface area contributed by atoms with E-state index in [9.17, 15) is 4.79 Å². The summed E-state index contributed by atoms with van der Waals surface area (Å²) >= 11 is 1.42. The van der Waals surface area contributed by atoms with Crippen molar-refractivity contribution in [2.75, 3.05) is 6.54 Å². The summed E-state index contributed by atoms with van der Waals surface area (Å²) in [7, 11) is 0. The fourth-order valence-corrected chi connectivity index (χ4v) is 3.86. The molecule has 0 aliphatic carbocycles. The first-order valence-corrected chi connectivity index (χ1v) is 8.88. The van der Waals surface area contributed by atoms with Crippen LogP contribution in [-0.4, -0.2) is 36.2 Å². The molecule has 1 atom stereocenters. The van der Waals surface area contributed by atoms with Gasteiger partial charge in [-0.1, -0.05) is 23.4 Å². The second kappa shape index (κ2) is 6.06. The second-order valence-electron chi connectivity index (χ2n) is 5.93. The first-order valence-electron chi connectivity index (χ1n) is 8.07. The summed E-state index contributed by atoms with van der Waals surface area (Å²) in [4.78, 5) is 24.1. The van der Waals surface area contributed by atoms with Crippen LogP contribution < -0.4 is 5.56 Å². The molecule has 0 bridgehead atoms. The third-order valence-electron chi connectivity index (χ3n) is 4.21. The van der Waals surface area contributed by atoms with Crippen LogP contribution in [0.4, 0.5) is 0 Å². The topological polar surface area (TPSA) is 89.4 Å². The van der Waals surface area contributed by atoms with Gasteiger partial charge in [0.2, 0.25) is 10.9 Å². The molecule has 0 radical (unpaired) electrons. The normalized spacial score (nSPS) is 18.7. The highest BCUT2D eigenvalue weighted by Crippen LogP contribution is 2.31. The van der Waals surface area contributed by atoms with Crippen molar-refractivity contribution in [3.8, 4) is 0 Å². The van der Waals surface area contributed by atoms with E-state index >= 15 is 0 Å². The summed E-state index contributed by atoms with van der Waals surface area (Å²) < 4.78 is 6.60. The molecule has 4 heterocycles. The van der Waals surface area contributed by atoms with Gasteiger partial charge in [0.1, 0.15) is 5.01 Å². The van der Waals surface area contributed by atoms with E-state index in [0.717, 1.165) is 42.3 Å². The molecule has 1 aliphatic heterocycles. The van der Waals surface area contributed by atoms with Crippen LogP contribution in [0.1, 0.15) is 48.2 Å². The molecule has 0 unspecified atom stereocenters. The van der Waals surface area contributed by atoms with Crippen molar-refractivity contribution in [2.24, 2.45) is 0 Å². The van der Waals surface area contributed by atoms with E-state index in [4.69, 9.17) is 4.52 Å². The third-order valence-corrected chi connectivity index (χ3v) is 5.04. The highest BCUT2D eigenvalue weighted by molar-refractivity contribution is 7.16. The summed E-state index contributed by atoms with van der Waals surface area (Å²) in [5.74, 6) is 1.39. The van der Waals surface area contributed by atoms with Crippen LogP contribution in [0, 0.1) is 6.92 Å². The van der Waals surface area contributed by atoms with Gasteiger partial charge in [-0.05, 0) is 26.3 Å². The molecule has 1 aliphatic rings. The van der Waals surface area contributed by atoms with Crippen LogP contribution in [0.15, 0.2) is 15.4 Å². The number of aryl methyl sites for hydroxylation is 2. The van der Waals surface area contributed by atoms with E-state index in [0.29, 0.717) is 17.4 Å². The molecule has 8 nitrogen and oxygen atoms in total. The molecule has 9 heteroatoms. The standard InChI is InChI=1S/C15H18N6O2S/c1-3-12-17-14(19-23-12)11-5-4-6-20(11)8-10-7-13(22)21-15(16-10)24-9(2)18-21/h7,11H,3-6,8H2,1-2H3/t11-/m1/s1. The van der Waals surface area contributed by atoms with Crippen LogP contribution in [0.2, 0.25) is 0 Å². The first kappa shape index (κ1) is 15.4. The lowest BCUT2D eigenvalue weighted by atomic mass is 10.2. The molecule has 1 saturated heterocycles. The predicted octanol–water partition coefficient (Wildman–Crippen LogP) is 1.74. The minimum absolute atomic E-state index is 0.123. The average Bonchev–Trinajstić information content (AvgIpc) is 3.25. The van der Waals surface area contributed by atoms with E-state index in [-0.39, 0.29) is 11.6 Å². The molecule has 0 N–H and O–H groups in total. The van der Waals surface area contributed by atoms with Gasteiger partial charge in [-0.3, -0.25) is 9.69 Å². The minimum atomic E-state index is -0.136. The van der Waals surface area contributed by atoms with Crippen LogP contribution in [-0.2, 0) is 13.0 Å². The molecule has 4 rings (SSSR count). The van der Waals surface area contributed by atoms with E-state index < -0.39 is 0 Å². The zero-order valence-corrected chi connectivity index (χ0v) is 14.4. The van der Waals surface area contributed by atoms with Crippen molar-refractivity contribution in [2.45, 2.75) is 45.7 Å². The average molecular weight is 346 g/mol. The highest BCUT2D eigenvalue weighted by Gasteiger charge is 2.30. The summed E-state index contributed by atoms with van der Waals surface area (Å²) in [5, 5.41) is 9.11. The van der Waals surface area contributed by atoms with Crippen molar-refractivity contribution >= 4 is 16.3 Å². The van der Waals surface area contributed by atoms with Crippen LogP contribution in [0.25, 0.3) is 4.96 Å². The van der Waals surface area contributed by atoms with Crippen molar-refractivity contribution in [3.63, 3.8) is 0 Å². The molecule has 0 aromatic carbocycles. The Morgan fingerprint density at radius 1 is 1.42 bits per heavy atom. The Kier molecular flexibility index (Phi) is 3.89. The zero-order chi connectivity index (χ0) is 16.7. The van der Waals surface area contributed by atoms with Crippen LogP contribution in [0.3, 0.4) is 0 Å². The molecular weight excluding hydrogens is 328 g/mol. The van der Waals surface area contributed by atoms with Gasteiger partial charge in [0, 0.05) is 19.0 Å². The number of rotatable bonds is 4. The zero-order valence-electron chi connectivity index (χ0n) is 13.6. The molecule has 3 aromatic rings. The number of fused-ring (bicyclic) bond motifs is 1. The van der Waals surface area contributed by atoms with Crippen LogP contribution >= 0.6 is 11.3 Å². The Bertz CT molecular complexity index is 930. The van der Waals surface area contributed by atoms with Crippen molar-refractivity contribution in [3.05, 3.63) is 38.8 Å². The number of aromatic nitrogens is 5. The van der Waals surface area contributed by atoms with Gasteiger partial charge in [-0.25, -0.2) is 4.98 Å². The maximum absolute atomic E-state index is 12.2. The summed E-state index contributed by atoms with van der Waals surface area (Å²) in [6.45, 7) is 5.40. The fourth-order valence-electron chi connectivity index (χ4n) is 3.10. The van der Waals surface area contributed by atoms with Gasteiger partial charge in [0.25, 0.3) is 5.56 Å². The fraction of sp³-hybridized carbons (Fsp3) is 0.533. The van der Waals surface area contributed by atoms with E-state index in [1.807, 2.05) is 13.8 Å². The van der Waals surface area contributed by atoms with E-state index in [2.05, 4.69) is 25.1 Å². The van der Waals surface area contributed by atoms with Gasteiger partial charge in [0.05, 0.1) is 11.7 Å². The lowest BCUT2D eigenvalue weighted by Crippen LogP contribution is -2.26. The van der Waals surface area contributed by atoms with Crippen molar-refractivity contribution < 1.29 is 4.52 Å². The lowest BCUT2D eigenvalue weighted by Gasteiger charge is -2.21. The molecule has 3 aromatic heterocycles. The molecule has 126 valence electrons. The Balaban J connectivity index is 1.60. The Morgan fingerprint density at radius 3 is 3.08 bits per heavy atom. The molecule has 0 amide bonds. The van der Waals surface area contributed by atoms with E-state index in [1.54, 1.807) is 6.07 Å². The smallest absolute Gasteiger partial charge is 0.275 e. The maximum atomic E-state index is 12.2. The lowest BCUT2D eigenvalue weighted by molar-refractivity contribution is 0.231. The summed E-state index contributed by atoms with van der Waals surface area (Å²) in [6.07, 6.45) is 2.80. The van der Waals surface area contributed by atoms with Gasteiger partial charge >= 0.3 is 0 Å². The predicted molar refractivity (Wildman–Crippen MR) is 87.9 cm³/mol. The Labute approximate surface area is 142 Å². The van der Waals surface area contributed by atoms with Gasteiger partial charge in [0.15, 0.2) is 5.82 Å². The number of likely N-dealkylation sites (tertiary alicyclic amines) is 1. The maximum Gasteiger partial charge on any atom is 0.275 e. The van der Waals surface area contributed by atoms with Gasteiger partial charge in [-0.15, -0.1) is 0 Å². The second-order valence-corrected chi connectivity index (χ2v) is 7.09. The Hall–Kier alpha value is -2.13. The van der Waals surface area contributed by atoms with Crippen LogP contribution in [0.5, 0.6) is 0 Å². The van der Waals surface area contributed by atoms with Crippen molar-refractivity contribution in [1.82, 2.24) is 29.6 Å². The molecule has 1 fully saturated rings. The minimum Gasteiger partial charge on any atom is -0.339 e. The quantitative estimate of drug-likeness (QED) is 0.711. The molecule has 24 heavy (non-hydrogen) atoms. The molecule has 0 spiro atoms. The molecule has 0 saturated carbocycles. The highest BCUT2D eigenvalue weighted by atomic mass is 32.1. The SMILES string of the molecule is CCc1nc([C@H]2CCCN2Cc2cc(=O)n3nc(C)sc3n2)no1.